The molecule has 2 N–H and O–H groups in total. The Hall–Kier alpha value is -3.32. The molecule has 0 unspecified atom stereocenters. The van der Waals surface area contributed by atoms with Crippen molar-refractivity contribution in [1.82, 2.24) is 9.98 Å². The number of hydrazine groups is 1. The van der Waals surface area contributed by atoms with Crippen LogP contribution in [0.3, 0.4) is 0 Å². The summed E-state index contributed by atoms with van der Waals surface area (Å²) in [4.78, 5) is 0. The number of hydrogen-bond donors (Lipinski definition) is 2. The fourth-order valence-electron chi connectivity index (χ4n) is 5.89. The van der Waals surface area contributed by atoms with Gasteiger partial charge in [0.1, 0.15) is 38.6 Å². The topological polar surface area (TPSA) is 35.5 Å². The number of rotatable bonds is 10. The number of nitrogens with zero attached hydrogens (tertiary/aromatic N) is 1. The summed E-state index contributed by atoms with van der Waals surface area (Å²) in [6.07, 6.45) is 0. The van der Waals surface area contributed by atoms with E-state index in [1.165, 1.54) is 31.8 Å². The maximum absolute atomic E-state index is 10.9. The van der Waals surface area contributed by atoms with Gasteiger partial charge in [0, 0.05) is 24.0 Å². The van der Waals surface area contributed by atoms with Gasteiger partial charge in [-0.2, -0.15) is 5.43 Å². The number of aliphatic hydroxyl groups excluding tert-OH is 1. The Morgan fingerprint density at radius 3 is 0.721 bits per heavy atom. The molecule has 0 saturated carbocycles. The van der Waals surface area contributed by atoms with Gasteiger partial charge in [-0.05, 0) is 72.8 Å². The molecule has 0 amide bonds. The largest absolute Gasteiger partial charge is 0.380 e. The van der Waals surface area contributed by atoms with Crippen molar-refractivity contribution in [1.29, 1.82) is 0 Å². The minimum Gasteiger partial charge on any atom is -0.380 e. The summed E-state index contributed by atoms with van der Waals surface area (Å²) >= 11 is 0. The molecule has 1 radical (unpaired) electrons. The van der Waals surface area contributed by atoms with Crippen molar-refractivity contribution in [2.24, 2.45) is 0 Å². The van der Waals surface area contributed by atoms with Crippen LogP contribution >= 0.6 is 14.8 Å². The maximum atomic E-state index is 10.9. The Morgan fingerprint density at radius 1 is 0.372 bits per heavy atom. The van der Waals surface area contributed by atoms with E-state index in [0.29, 0.717) is 0 Å². The maximum Gasteiger partial charge on any atom is 0.238 e. The van der Waals surface area contributed by atoms with E-state index in [1.54, 1.807) is 0 Å². The SMILES string of the molecule is OCNN([P+](c1ccccc1)(c1ccccc1)c1ccccc1)[P+](c1ccccc1)(c1ccccc1)c1ccccc1.[Rh]. The van der Waals surface area contributed by atoms with Gasteiger partial charge in [0.25, 0.3) is 0 Å². The third-order valence-corrected chi connectivity index (χ3v) is 16.9. The predicted octanol–water partition coefficient (Wildman–Crippen LogP) is 5.56. The molecule has 6 heteroatoms. The Kier molecular flexibility index (Phi) is 10.4. The zero-order valence-electron chi connectivity index (χ0n) is 23.6. The molecule has 215 valence electrons. The fourth-order valence-corrected chi connectivity index (χ4v) is 16.6. The standard InChI is InChI=1S/C37H34N2OP2.Rh/c40-31-38-39(41(32-19-7-1-8-20-32,33-21-9-2-10-22-33)34-23-11-3-12-24-34)42(35-25-13-4-14-26-35,36-27-15-5-16-28-36)37-29-17-6-18-30-37;/h1-30,38,40H,31H2;/q+2;. The van der Waals surface area contributed by atoms with E-state index in [2.05, 4.69) is 192 Å². The van der Waals surface area contributed by atoms with Crippen LogP contribution in [0.4, 0.5) is 0 Å². The van der Waals surface area contributed by atoms with Gasteiger partial charge < -0.3 is 5.11 Å². The van der Waals surface area contributed by atoms with Crippen molar-refractivity contribution in [3.8, 4) is 0 Å². The Labute approximate surface area is 268 Å². The number of nitrogens with one attached hydrogen (secondary N) is 1. The summed E-state index contributed by atoms with van der Waals surface area (Å²) in [5.41, 5.74) is 3.64. The number of aliphatic hydroxyl groups is 1. The van der Waals surface area contributed by atoms with E-state index in [4.69, 9.17) is 0 Å². The third kappa shape index (κ3) is 5.69. The molecule has 0 heterocycles. The Morgan fingerprint density at radius 2 is 0.558 bits per heavy atom. The molecular formula is C37H34N2OP2Rh+2. The molecule has 0 aromatic heterocycles. The molecule has 0 spiro atoms. The van der Waals surface area contributed by atoms with Gasteiger partial charge in [-0.1, -0.05) is 109 Å². The first-order chi connectivity index (χ1) is 20.8. The first kappa shape index (κ1) is 31.1. The van der Waals surface area contributed by atoms with Gasteiger partial charge in [-0.3, -0.25) is 0 Å². The number of benzene rings is 6. The summed E-state index contributed by atoms with van der Waals surface area (Å²) in [5, 5.41) is 18.2. The van der Waals surface area contributed by atoms with Crippen LogP contribution in [-0.4, -0.2) is 16.4 Å². The second-order valence-corrected chi connectivity index (χ2v) is 16.6. The van der Waals surface area contributed by atoms with E-state index in [1.807, 2.05) is 0 Å². The van der Waals surface area contributed by atoms with Gasteiger partial charge in [0.05, 0.1) is 0 Å². The van der Waals surface area contributed by atoms with Crippen LogP contribution in [-0.2, 0) is 19.5 Å². The van der Waals surface area contributed by atoms with Crippen LogP contribution in [0.5, 0.6) is 0 Å². The number of hydrogen-bond acceptors (Lipinski definition) is 3. The van der Waals surface area contributed by atoms with Gasteiger partial charge >= 0.3 is 0 Å². The zero-order chi connectivity index (χ0) is 28.7. The van der Waals surface area contributed by atoms with E-state index < -0.39 is 14.8 Å². The minimum atomic E-state index is -2.69. The molecule has 0 saturated heterocycles. The van der Waals surface area contributed by atoms with Crippen molar-refractivity contribution in [3.05, 3.63) is 182 Å². The molecule has 0 fully saturated rings. The predicted molar refractivity (Wildman–Crippen MR) is 182 cm³/mol. The molecule has 6 aromatic carbocycles. The van der Waals surface area contributed by atoms with Crippen LogP contribution in [0.15, 0.2) is 182 Å². The van der Waals surface area contributed by atoms with Gasteiger partial charge in [0.2, 0.25) is 14.8 Å². The van der Waals surface area contributed by atoms with E-state index in [-0.39, 0.29) is 26.2 Å². The van der Waals surface area contributed by atoms with Crippen LogP contribution in [0.1, 0.15) is 0 Å². The second-order valence-electron chi connectivity index (χ2n) is 9.89. The zero-order valence-corrected chi connectivity index (χ0v) is 27.1. The smallest absolute Gasteiger partial charge is 0.238 e. The molecule has 0 atom stereocenters. The normalized spacial score (nSPS) is 11.6. The molecule has 0 aliphatic carbocycles. The van der Waals surface area contributed by atoms with Crippen molar-refractivity contribution in [2.45, 2.75) is 0 Å². The van der Waals surface area contributed by atoms with Crippen molar-refractivity contribution >= 4 is 46.7 Å². The molecule has 0 aliphatic rings. The summed E-state index contributed by atoms with van der Waals surface area (Å²) in [5.74, 6) is 0. The Balaban J connectivity index is 0.00000368. The fraction of sp³-hybridized carbons (Fsp3) is 0.0270. The third-order valence-electron chi connectivity index (χ3n) is 7.56. The average molecular weight is 688 g/mol. The summed E-state index contributed by atoms with van der Waals surface area (Å²) in [7, 11) is -5.37. The molecular weight excluding hydrogens is 653 g/mol. The van der Waals surface area contributed by atoms with Crippen molar-refractivity contribution in [3.63, 3.8) is 0 Å². The average Bonchev–Trinajstić information content (AvgIpc) is 3.08. The monoisotopic (exact) mass is 687 g/mol. The van der Waals surface area contributed by atoms with E-state index in [0.717, 1.165) is 0 Å². The van der Waals surface area contributed by atoms with E-state index >= 15 is 0 Å². The molecule has 0 aliphatic heterocycles. The van der Waals surface area contributed by atoms with Crippen LogP contribution in [0, 0.1) is 0 Å². The van der Waals surface area contributed by atoms with E-state index in [9.17, 15) is 5.11 Å². The van der Waals surface area contributed by atoms with Crippen molar-refractivity contribution in [2.75, 3.05) is 6.73 Å². The molecule has 43 heavy (non-hydrogen) atoms. The first-order valence-electron chi connectivity index (χ1n) is 14.1. The van der Waals surface area contributed by atoms with Gasteiger partial charge in [-0.25, -0.2) is 0 Å². The van der Waals surface area contributed by atoms with Gasteiger partial charge in [-0.15, -0.1) is 0 Å². The Bertz CT molecular complexity index is 1360. The van der Waals surface area contributed by atoms with Crippen LogP contribution < -0.4 is 37.3 Å². The quantitative estimate of drug-likeness (QED) is 0.0858. The summed E-state index contributed by atoms with van der Waals surface area (Å²) in [6, 6.07) is 64.9. The molecule has 6 rings (SSSR count). The van der Waals surface area contributed by atoms with Crippen molar-refractivity contribution < 1.29 is 24.6 Å². The second kappa shape index (κ2) is 14.4. The van der Waals surface area contributed by atoms with Gasteiger partial charge in [0.15, 0.2) is 0 Å². The summed E-state index contributed by atoms with van der Waals surface area (Å²) in [6.45, 7) is -0.220. The van der Waals surface area contributed by atoms with Crippen LogP contribution in [0.25, 0.3) is 0 Å². The molecule has 3 nitrogen and oxygen atoms in total. The van der Waals surface area contributed by atoms with Crippen LogP contribution in [0.2, 0.25) is 0 Å². The first-order valence-corrected chi connectivity index (χ1v) is 17.6. The summed E-state index contributed by atoms with van der Waals surface area (Å²) < 4.78 is 2.50. The molecule has 6 aromatic rings. The molecule has 0 bridgehead atoms. The minimum absolute atomic E-state index is 0.